The molecule has 1 nitrogen and oxygen atoms in total. The molecule has 0 N–H and O–H groups in total. The summed E-state index contributed by atoms with van der Waals surface area (Å²) in [7, 11) is 0. The minimum Gasteiger partial charge on any atom is -0.229 e. The Morgan fingerprint density at radius 1 is 0.818 bits per heavy atom. The van der Waals surface area contributed by atoms with E-state index in [1.807, 2.05) is 11.8 Å². The van der Waals surface area contributed by atoms with Gasteiger partial charge in [-0.3, -0.25) is 0 Å². The average Bonchev–Trinajstić information content (AvgIpc) is 3.16. The molecular formula is C12H6F6OS3. The first kappa shape index (κ1) is 17.6. The maximum absolute atomic E-state index is 11.1. The van der Waals surface area contributed by atoms with Crippen LogP contribution in [0.1, 0.15) is 0 Å². The number of benzene rings is 2. The van der Waals surface area contributed by atoms with Crippen molar-refractivity contribution in [2.24, 2.45) is 0 Å². The molecule has 0 atom stereocenters. The van der Waals surface area contributed by atoms with E-state index in [2.05, 4.69) is 40.0 Å². The van der Waals surface area contributed by atoms with Gasteiger partial charge in [-0.05, 0) is 16.8 Å². The van der Waals surface area contributed by atoms with Crippen LogP contribution in [0.5, 0.6) is 0 Å². The van der Waals surface area contributed by atoms with Gasteiger partial charge >= 0.3 is 11.0 Å². The first-order valence-corrected chi connectivity index (χ1v) is 7.82. The SMILES string of the molecule is FC(F)(F)SOSC(F)(F)F.c1ccc2c3c(ccc2c1)S3. The fraction of sp³-hybridized carbons (Fsp3) is 0.167. The molecule has 1 heterocycles. The van der Waals surface area contributed by atoms with Crippen molar-refractivity contribution >= 4 is 46.6 Å². The van der Waals surface area contributed by atoms with Crippen molar-refractivity contribution in [1.82, 2.24) is 0 Å². The number of fused-ring (bicyclic) bond motifs is 3. The number of hydrogen-bond acceptors (Lipinski definition) is 4. The average molecular weight is 376 g/mol. The summed E-state index contributed by atoms with van der Waals surface area (Å²) in [6.07, 6.45) is 0. The van der Waals surface area contributed by atoms with Crippen LogP contribution in [-0.2, 0) is 3.63 Å². The third-order valence-electron chi connectivity index (χ3n) is 2.27. The predicted molar refractivity (Wildman–Crippen MR) is 76.4 cm³/mol. The highest BCUT2D eigenvalue weighted by Crippen LogP contribution is 2.52. The lowest BCUT2D eigenvalue weighted by molar-refractivity contribution is -0.0416. The van der Waals surface area contributed by atoms with Crippen LogP contribution in [0.15, 0.2) is 46.2 Å². The van der Waals surface area contributed by atoms with Gasteiger partial charge in [0.2, 0.25) is 0 Å². The molecule has 0 radical (unpaired) electrons. The van der Waals surface area contributed by atoms with Crippen LogP contribution < -0.4 is 0 Å². The van der Waals surface area contributed by atoms with E-state index < -0.39 is 35.1 Å². The van der Waals surface area contributed by atoms with E-state index in [0.717, 1.165) is 0 Å². The highest BCUT2D eigenvalue weighted by atomic mass is 32.2. The van der Waals surface area contributed by atoms with Crippen molar-refractivity contribution in [1.29, 1.82) is 0 Å². The van der Waals surface area contributed by atoms with E-state index in [4.69, 9.17) is 0 Å². The van der Waals surface area contributed by atoms with Gasteiger partial charge in [-0.1, -0.05) is 42.1 Å². The quantitative estimate of drug-likeness (QED) is 0.281. The first-order chi connectivity index (χ1) is 10.2. The Kier molecular flexibility index (Phi) is 5.46. The Morgan fingerprint density at radius 3 is 2.00 bits per heavy atom. The standard InChI is InChI=1S/C10H6S.C2F6OS2/c1-2-4-8-7(3-1)5-6-9-10(8)11-9;3-1(4,5)10-9-11-2(6,7)8/h1-6H;. The smallest absolute Gasteiger partial charge is 0.229 e. The highest BCUT2D eigenvalue weighted by Gasteiger charge is 2.36. The third kappa shape index (κ3) is 5.82. The molecule has 0 spiro atoms. The predicted octanol–water partition coefficient (Wildman–Crippen LogP) is 6.64. The zero-order chi connectivity index (χ0) is 16.4. The zero-order valence-electron chi connectivity index (χ0n) is 10.4. The molecular weight excluding hydrogens is 370 g/mol. The van der Waals surface area contributed by atoms with Gasteiger partial charge in [0.1, 0.15) is 24.1 Å². The van der Waals surface area contributed by atoms with Crippen LogP contribution in [-0.4, -0.2) is 11.0 Å². The normalized spacial score (nSPS) is 13.4. The lowest BCUT2D eigenvalue weighted by Crippen LogP contribution is -2.03. The molecule has 2 aromatic rings. The third-order valence-corrected chi connectivity index (χ3v) is 4.19. The van der Waals surface area contributed by atoms with E-state index in [0.29, 0.717) is 0 Å². The Morgan fingerprint density at radius 2 is 1.41 bits per heavy atom. The fourth-order valence-electron chi connectivity index (χ4n) is 1.49. The van der Waals surface area contributed by atoms with Gasteiger partial charge < -0.3 is 0 Å². The van der Waals surface area contributed by atoms with Crippen molar-refractivity contribution in [2.45, 2.75) is 20.8 Å². The molecule has 120 valence electrons. The highest BCUT2D eigenvalue weighted by molar-refractivity contribution is 8.08. The number of hydrogen-bond donors (Lipinski definition) is 0. The molecule has 0 fully saturated rings. The second-order valence-electron chi connectivity index (χ2n) is 3.84. The topological polar surface area (TPSA) is 9.23 Å². The van der Waals surface area contributed by atoms with Gasteiger partial charge in [0.15, 0.2) is 0 Å². The summed E-state index contributed by atoms with van der Waals surface area (Å²) in [6, 6.07) is 12.9. The molecule has 0 amide bonds. The Labute approximate surface area is 134 Å². The lowest BCUT2D eigenvalue weighted by Gasteiger charge is -2.05. The summed E-state index contributed by atoms with van der Waals surface area (Å²) in [5.74, 6) is 0. The Balaban J connectivity index is 0.000000160. The molecule has 22 heavy (non-hydrogen) atoms. The van der Waals surface area contributed by atoms with Crippen LogP contribution in [0, 0.1) is 0 Å². The van der Waals surface area contributed by atoms with Crippen LogP contribution in [0.3, 0.4) is 0 Å². The van der Waals surface area contributed by atoms with E-state index in [-0.39, 0.29) is 0 Å². The van der Waals surface area contributed by atoms with E-state index in [1.54, 1.807) is 0 Å². The van der Waals surface area contributed by atoms with Gasteiger partial charge in [-0.2, -0.15) is 26.3 Å². The summed E-state index contributed by atoms with van der Waals surface area (Å²) in [5, 5.41) is 2.77. The zero-order valence-corrected chi connectivity index (χ0v) is 12.8. The monoisotopic (exact) mass is 376 g/mol. The van der Waals surface area contributed by atoms with Crippen LogP contribution in [0.2, 0.25) is 0 Å². The van der Waals surface area contributed by atoms with Crippen LogP contribution in [0.4, 0.5) is 26.3 Å². The Bertz CT molecular complexity index is 641. The van der Waals surface area contributed by atoms with E-state index in [9.17, 15) is 26.3 Å². The van der Waals surface area contributed by atoms with Gasteiger partial charge in [0.05, 0.1) is 0 Å². The largest absolute Gasteiger partial charge is 0.469 e. The summed E-state index contributed by atoms with van der Waals surface area (Å²) in [4.78, 5) is 2.92. The minimum atomic E-state index is -4.81. The second kappa shape index (κ2) is 6.81. The molecule has 1 aliphatic heterocycles. The maximum atomic E-state index is 11.1. The van der Waals surface area contributed by atoms with Crippen molar-refractivity contribution in [3.8, 4) is 0 Å². The molecule has 1 aliphatic rings. The molecule has 0 aromatic heterocycles. The molecule has 0 unspecified atom stereocenters. The minimum absolute atomic E-state index is 1.20. The maximum Gasteiger partial charge on any atom is 0.469 e. The van der Waals surface area contributed by atoms with Crippen LogP contribution >= 0.6 is 35.8 Å². The summed E-state index contributed by atoms with van der Waals surface area (Å²) in [6.45, 7) is 0. The molecule has 3 rings (SSSR count). The van der Waals surface area contributed by atoms with Gasteiger partial charge in [-0.25, -0.2) is 3.63 Å². The molecule has 0 saturated carbocycles. The number of alkyl halides is 6. The van der Waals surface area contributed by atoms with Gasteiger partial charge in [0, 0.05) is 9.79 Å². The summed E-state index contributed by atoms with van der Waals surface area (Å²) >= 11 is -0.505. The second-order valence-corrected chi connectivity index (χ2v) is 6.70. The van der Waals surface area contributed by atoms with E-state index >= 15 is 0 Å². The summed E-state index contributed by atoms with van der Waals surface area (Å²) < 4.78 is 69.7. The Hall–Kier alpha value is -0.710. The molecule has 2 aromatic carbocycles. The van der Waals surface area contributed by atoms with E-state index in [1.165, 1.54) is 20.6 Å². The molecule has 0 aliphatic carbocycles. The molecule has 0 saturated heterocycles. The number of rotatable bonds is 2. The molecule has 10 heteroatoms. The van der Waals surface area contributed by atoms with Gasteiger partial charge in [-0.15, -0.1) is 0 Å². The van der Waals surface area contributed by atoms with Crippen LogP contribution in [0.25, 0.3) is 10.8 Å². The lowest BCUT2D eigenvalue weighted by atomic mass is 10.1. The number of halogens is 6. The van der Waals surface area contributed by atoms with Crippen molar-refractivity contribution in [3.63, 3.8) is 0 Å². The fourth-order valence-corrected chi connectivity index (χ4v) is 3.02. The van der Waals surface area contributed by atoms with Crippen molar-refractivity contribution in [3.05, 3.63) is 36.4 Å². The molecule has 0 bridgehead atoms. The summed E-state index contributed by atoms with van der Waals surface area (Å²) in [5.41, 5.74) is -9.61. The van der Waals surface area contributed by atoms with Crippen molar-refractivity contribution < 1.29 is 30.0 Å². The first-order valence-electron chi connectivity index (χ1n) is 5.52. The van der Waals surface area contributed by atoms with Gasteiger partial charge in [0.25, 0.3) is 0 Å². The van der Waals surface area contributed by atoms with Crippen molar-refractivity contribution in [2.75, 3.05) is 0 Å².